The summed E-state index contributed by atoms with van der Waals surface area (Å²) in [5.41, 5.74) is 1.95. The Morgan fingerprint density at radius 3 is 3.00 bits per heavy atom. The van der Waals surface area contributed by atoms with Crippen molar-refractivity contribution >= 4 is 34.5 Å². The first-order valence-electron chi connectivity index (χ1n) is 8.23. The van der Waals surface area contributed by atoms with E-state index >= 15 is 0 Å². The van der Waals surface area contributed by atoms with Crippen LogP contribution in [0.5, 0.6) is 11.5 Å². The van der Waals surface area contributed by atoms with Gasteiger partial charge in [0.25, 0.3) is 0 Å². The van der Waals surface area contributed by atoms with Gasteiger partial charge in [-0.2, -0.15) is 5.10 Å². The van der Waals surface area contributed by atoms with Gasteiger partial charge in [-0.15, -0.1) is 5.10 Å². The van der Waals surface area contributed by atoms with Crippen LogP contribution in [0.1, 0.15) is 25.3 Å². The number of amides is 2. The molecule has 2 amide bonds. The molecule has 0 saturated carbocycles. The van der Waals surface area contributed by atoms with Gasteiger partial charge >= 0.3 is 0 Å². The number of hydrogen-bond donors (Lipinski definition) is 2. The van der Waals surface area contributed by atoms with Gasteiger partial charge in [0.15, 0.2) is 16.7 Å². The van der Waals surface area contributed by atoms with E-state index in [9.17, 15) is 9.59 Å². The summed E-state index contributed by atoms with van der Waals surface area (Å²) in [6.45, 7) is 2.14. The number of amidine groups is 1. The fourth-order valence-corrected chi connectivity index (χ4v) is 3.49. The van der Waals surface area contributed by atoms with Crippen molar-refractivity contribution < 1.29 is 19.1 Å². The minimum Gasteiger partial charge on any atom is -0.454 e. The summed E-state index contributed by atoms with van der Waals surface area (Å²) in [5, 5.41) is 13.3. The molecule has 9 heteroatoms. The number of hydrogen-bond acceptors (Lipinski definition) is 7. The van der Waals surface area contributed by atoms with Crippen LogP contribution in [-0.4, -0.2) is 41.8 Å². The highest BCUT2D eigenvalue weighted by Gasteiger charge is 2.29. The van der Waals surface area contributed by atoms with Gasteiger partial charge in [0.05, 0.1) is 5.25 Å². The summed E-state index contributed by atoms with van der Waals surface area (Å²) < 4.78 is 10.7. The van der Waals surface area contributed by atoms with Crippen LogP contribution in [0, 0.1) is 0 Å². The van der Waals surface area contributed by atoms with Crippen LogP contribution >= 0.6 is 11.8 Å². The summed E-state index contributed by atoms with van der Waals surface area (Å²) in [6.07, 6.45) is 1.64. The Morgan fingerprint density at radius 2 is 2.19 bits per heavy atom. The molecule has 0 bridgehead atoms. The van der Waals surface area contributed by atoms with E-state index in [0.717, 1.165) is 29.2 Å². The molecule has 2 N–H and O–H groups in total. The zero-order valence-corrected chi connectivity index (χ0v) is 15.4. The monoisotopic (exact) mass is 376 g/mol. The maximum atomic E-state index is 11.7. The molecular weight excluding hydrogens is 356 g/mol. The van der Waals surface area contributed by atoms with Crippen LogP contribution in [0.4, 0.5) is 0 Å². The molecule has 1 aromatic carbocycles. The third-order valence-corrected chi connectivity index (χ3v) is 5.01. The average molecular weight is 376 g/mol. The SMILES string of the molecule is CNC(=O)C1CC(=O)NC(=NN=C(C)CCc2ccc3c(c2)OCO3)S1. The van der Waals surface area contributed by atoms with Crippen molar-refractivity contribution in [2.24, 2.45) is 10.2 Å². The molecule has 1 saturated heterocycles. The molecule has 1 atom stereocenters. The van der Waals surface area contributed by atoms with E-state index in [1.54, 1.807) is 7.05 Å². The molecule has 0 aromatic heterocycles. The fraction of sp³-hybridized carbons (Fsp3) is 0.412. The van der Waals surface area contributed by atoms with Gasteiger partial charge in [-0.3, -0.25) is 9.59 Å². The van der Waals surface area contributed by atoms with E-state index < -0.39 is 5.25 Å². The van der Waals surface area contributed by atoms with Crippen LogP contribution in [-0.2, 0) is 16.0 Å². The zero-order valence-electron chi connectivity index (χ0n) is 14.6. The van der Waals surface area contributed by atoms with E-state index in [1.807, 2.05) is 25.1 Å². The van der Waals surface area contributed by atoms with Gasteiger partial charge in [0.2, 0.25) is 18.6 Å². The molecular formula is C17H20N4O4S. The van der Waals surface area contributed by atoms with Crippen molar-refractivity contribution in [3.8, 4) is 11.5 Å². The molecule has 26 heavy (non-hydrogen) atoms. The lowest BCUT2D eigenvalue weighted by Gasteiger charge is -2.20. The minimum atomic E-state index is -0.475. The maximum Gasteiger partial charge on any atom is 0.233 e. The minimum absolute atomic E-state index is 0.135. The Hall–Kier alpha value is -2.55. The summed E-state index contributed by atoms with van der Waals surface area (Å²) in [4.78, 5) is 23.4. The highest BCUT2D eigenvalue weighted by molar-refractivity contribution is 8.15. The maximum absolute atomic E-state index is 11.7. The molecule has 138 valence electrons. The lowest BCUT2D eigenvalue weighted by atomic mass is 10.1. The van der Waals surface area contributed by atoms with Gasteiger partial charge in [-0.1, -0.05) is 17.8 Å². The number of rotatable bonds is 5. The van der Waals surface area contributed by atoms with Crippen LogP contribution in [0.25, 0.3) is 0 Å². The highest BCUT2D eigenvalue weighted by atomic mass is 32.2. The first-order valence-corrected chi connectivity index (χ1v) is 9.11. The van der Waals surface area contributed by atoms with E-state index in [2.05, 4.69) is 20.8 Å². The molecule has 1 aromatic rings. The first-order chi connectivity index (χ1) is 12.5. The van der Waals surface area contributed by atoms with Crippen molar-refractivity contribution in [3.05, 3.63) is 23.8 Å². The Bertz CT molecular complexity index is 778. The second kappa shape index (κ2) is 8.22. The molecule has 0 aliphatic carbocycles. The number of nitrogens with one attached hydrogen (secondary N) is 2. The van der Waals surface area contributed by atoms with Gasteiger partial charge in [0.1, 0.15) is 0 Å². The molecule has 2 aliphatic rings. The van der Waals surface area contributed by atoms with Crippen molar-refractivity contribution in [2.45, 2.75) is 31.4 Å². The third kappa shape index (κ3) is 4.54. The molecule has 3 rings (SSSR count). The van der Waals surface area contributed by atoms with Crippen molar-refractivity contribution in [3.63, 3.8) is 0 Å². The summed E-state index contributed by atoms with van der Waals surface area (Å²) >= 11 is 1.21. The van der Waals surface area contributed by atoms with Crippen LogP contribution in [0.3, 0.4) is 0 Å². The number of carbonyl (C=O) groups excluding carboxylic acids is 2. The third-order valence-electron chi connectivity index (χ3n) is 3.93. The van der Waals surface area contributed by atoms with Crippen LogP contribution in [0.2, 0.25) is 0 Å². The standard InChI is InChI=1S/C17H20N4O4S/c1-10(3-4-11-5-6-12-13(7-11)25-9-24-12)20-21-17-19-15(22)8-14(26-17)16(23)18-2/h5-7,14H,3-4,8-9H2,1-2H3,(H,18,23)(H,19,21,22). The van der Waals surface area contributed by atoms with E-state index in [4.69, 9.17) is 9.47 Å². The second-order valence-corrected chi connectivity index (χ2v) is 7.09. The Labute approximate surface area is 155 Å². The van der Waals surface area contributed by atoms with Gasteiger partial charge in [-0.25, -0.2) is 0 Å². The molecule has 0 radical (unpaired) electrons. The predicted molar refractivity (Wildman–Crippen MR) is 99.6 cm³/mol. The van der Waals surface area contributed by atoms with Crippen molar-refractivity contribution in [2.75, 3.05) is 13.8 Å². The van der Waals surface area contributed by atoms with Crippen LogP contribution in [0.15, 0.2) is 28.4 Å². The molecule has 2 heterocycles. The number of benzene rings is 1. The smallest absolute Gasteiger partial charge is 0.233 e. The van der Waals surface area contributed by atoms with Crippen molar-refractivity contribution in [1.29, 1.82) is 0 Å². The average Bonchev–Trinajstić information content (AvgIpc) is 3.11. The Morgan fingerprint density at radius 1 is 1.38 bits per heavy atom. The van der Waals surface area contributed by atoms with E-state index in [-0.39, 0.29) is 25.0 Å². The number of thioether (sulfide) groups is 1. The predicted octanol–water partition coefficient (Wildman–Crippen LogP) is 1.45. The number of carbonyl (C=O) groups is 2. The lowest BCUT2D eigenvalue weighted by Crippen LogP contribution is -2.43. The van der Waals surface area contributed by atoms with E-state index in [1.165, 1.54) is 11.8 Å². The van der Waals surface area contributed by atoms with Gasteiger partial charge < -0.3 is 20.1 Å². The summed E-state index contributed by atoms with van der Waals surface area (Å²) in [6, 6.07) is 5.86. The largest absolute Gasteiger partial charge is 0.454 e. The van der Waals surface area contributed by atoms with Crippen LogP contribution < -0.4 is 20.1 Å². The summed E-state index contributed by atoms with van der Waals surface area (Å²) in [7, 11) is 1.55. The lowest BCUT2D eigenvalue weighted by molar-refractivity contribution is -0.125. The second-order valence-electron chi connectivity index (χ2n) is 5.90. The van der Waals surface area contributed by atoms with E-state index in [0.29, 0.717) is 11.6 Å². The molecule has 8 nitrogen and oxygen atoms in total. The first kappa shape index (κ1) is 18.2. The van der Waals surface area contributed by atoms with Gasteiger partial charge in [0, 0.05) is 19.2 Å². The summed E-state index contributed by atoms with van der Waals surface area (Å²) in [5.74, 6) is 1.10. The molecule has 1 unspecified atom stereocenters. The normalized spacial score (nSPS) is 20.8. The quantitative estimate of drug-likeness (QED) is 0.598. The zero-order chi connectivity index (χ0) is 18.5. The molecule has 2 aliphatic heterocycles. The van der Waals surface area contributed by atoms with Gasteiger partial charge in [-0.05, 0) is 37.5 Å². The Balaban J connectivity index is 1.57. The highest BCUT2D eigenvalue weighted by Crippen LogP contribution is 2.32. The number of fused-ring (bicyclic) bond motifs is 1. The number of ether oxygens (including phenoxy) is 2. The molecule has 0 spiro atoms. The number of nitrogens with zero attached hydrogens (tertiary/aromatic N) is 2. The fourth-order valence-electron chi connectivity index (χ4n) is 2.50. The number of aryl methyl sites for hydroxylation is 1. The Kier molecular flexibility index (Phi) is 5.77. The van der Waals surface area contributed by atoms with Crippen molar-refractivity contribution in [1.82, 2.24) is 10.6 Å². The topological polar surface area (TPSA) is 101 Å². The molecule has 1 fully saturated rings.